The second-order valence-corrected chi connectivity index (χ2v) is 8.93. The van der Waals surface area contributed by atoms with Crippen molar-refractivity contribution < 1.29 is 12.8 Å². The monoisotopic (exact) mass is 405 g/mol. The van der Waals surface area contributed by atoms with Gasteiger partial charge in [0.25, 0.3) is 0 Å². The van der Waals surface area contributed by atoms with Crippen molar-refractivity contribution in [2.75, 3.05) is 18.1 Å². The van der Waals surface area contributed by atoms with Gasteiger partial charge in [0.15, 0.2) is 5.13 Å². The molecule has 27 heavy (non-hydrogen) atoms. The van der Waals surface area contributed by atoms with E-state index in [9.17, 15) is 12.8 Å². The number of nitrogens with one attached hydrogen (secondary N) is 2. The molecule has 8 heteroatoms. The van der Waals surface area contributed by atoms with E-state index in [-0.39, 0.29) is 5.82 Å². The van der Waals surface area contributed by atoms with Crippen LogP contribution in [0.4, 0.5) is 15.2 Å². The molecule has 0 atom stereocenters. The maximum absolute atomic E-state index is 13.6. The van der Waals surface area contributed by atoms with E-state index >= 15 is 0 Å². The smallest absolute Gasteiger partial charge is 0.208 e. The third-order valence-electron chi connectivity index (χ3n) is 3.95. The number of hydrogen-bond donors (Lipinski definition) is 2. The van der Waals surface area contributed by atoms with E-state index in [2.05, 4.69) is 15.0 Å². The Morgan fingerprint density at radius 1 is 1.15 bits per heavy atom. The van der Waals surface area contributed by atoms with Gasteiger partial charge in [-0.25, -0.2) is 22.5 Å². The number of thiazole rings is 1. The molecule has 0 aliphatic rings. The van der Waals surface area contributed by atoms with E-state index in [1.165, 1.54) is 17.4 Å². The van der Waals surface area contributed by atoms with Crippen LogP contribution in [0.25, 0.3) is 11.3 Å². The lowest BCUT2D eigenvalue weighted by Gasteiger charge is -2.05. The van der Waals surface area contributed by atoms with E-state index in [4.69, 9.17) is 0 Å². The maximum Gasteiger partial charge on any atom is 0.208 e. The molecule has 0 amide bonds. The SMILES string of the molecule is Cc1ccc(Nc2nc(-c3ccc(CCNS(C)(=O)=O)cc3)cs2)cc1F. The van der Waals surface area contributed by atoms with Crippen LogP contribution in [0.3, 0.4) is 0 Å². The van der Waals surface area contributed by atoms with Crippen molar-refractivity contribution in [2.24, 2.45) is 0 Å². The van der Waals surface area contributed by atoms with E-state index in [0.717, 1.165) is 23.1 Å². The Labute approximate surface area is 162 Å². The van der Waals surface area contributed by atoms with Crippen molar-refractivity contribution in [3.63, 3.8) is 0 Å². The summed E-state index contributed by atoms with van der Waals surface area (Å²) >= 11 is 1.45. The first-order valence-corrected chi connectivity index (χ1v) is 11.1. The summed E-state index contributed by atoms with van der Waals surface area (Å²) in [4.78, 5) is 4.55. The molecule has 1 heterocycles. The Balaban J connectivity index is 1.64. The highest BCUT2D eigenvalue weighted by Crippen LogP contribution is 2.28. The molecule has 0 spiro atoms. The van der Waals surface area contributed by atoms with Crippen molar-refractivity contribution in [2.45, 2.75) is 13.3 Å². The Morgan fingerprint density at radius 2 is 1.89 bits per heavy atom. The minimum Gasteiger partial charge on any atom is -0.331 e. The molecule has 0 saturated heterocycles. The molecule has 2 aromatic carbocycles. The molecule has 3 rings (SSSR count). The van der Waals surface area contributed by atoms with Crippen molar-refractivity contribution in [1.29, 1.82) is 0 Å². The second kappa shape index (κ2) is 8.16. The maximum atomic E-state index is 13.6. The first-order chi connectivity index (χ1) is 12.8. The lowest BCUT2D eigenvalue weighted by molar-refractivity contribution is 0.588. The number of halogens is 1. The predicted molar refractivity (Wildman–Crippen MR) is 109 cm³/mol. The molecular formula is C19H20FN3O2S2. The van der Waals surface area contributed by atoms with Gasteiger partial charge in [0.1, 0.15) is 5.82 Å². The number of hydrogen-bond acceptors (Lipinski definition) is 5. The van der Waals surface area contributed by atoms with Gasteiger partial charge in [-0.05, 0) is 36.6 Å². The highest BCUT2D eigenvalue weighted by atomic mass is 32.2. The summed E-state index contributed by atoms with van der Waals surface area (Å²) in [6, 6.07) is 12.8. The molecule has 0 radical (unpaired) electrons. The van der Waals surface area contributed by atoms with Gasteiger partial charge in [0, 0.05) is 23.2 Å². The van der Waals surface area contributed by atoms with Crippen LogP contribution in [-0.2, 0) is 16.4 Å². The van der Waals surface area contributed by atoms with Crippen molar-refractivity contribution in [3.8, 4) is 11.3 Å². The summed E-state index contributed by atoms with van der Waals surface area (Å²) < 4.78 is 38.3. The van der Waals surface area contributed by atoms with E-state index in [1.54, 1.807) is 13.0 Å². The second-order valence-electron chi connectivity index (χ2n) is 6.24. The average Bonchev–Trinajstić information content (AvgIpc) is 3.06. The number of sulfonamides is 1. The first-order valence-electron chi connectivity index (χ1n) is 8.33. The first kappa shape index (κ1) is 19.5. The van der Waals surface area contributed by atoms with Gasteiger partial charge in [-0.15, -0.1) is 11.3 Å². The Bertz CT molecular complexity index is 1030. The quantitative estimate of drug-likeness (QED) is 0.621. The van der Waals surface area contributed by atoms with Crippen LogP contribution >= 0.6 is 11.3 Å². The molecule has 0 bridgehead atoms. The highest BCUT2D eigenvalue weighted by molar-refractivity contribution is 7.88. The summed E-state index contributed by atoms with van der Waals surface area (Å²) in [5.74, 6) is -0.252. The van der Waals surface area contributed by atoms with Gasteiger partial charge in [-0.1, -0.05) is 30.3 Å². The fourth-order valence-corrected chi connectivity index (χ4v) is 3.69. The molecule has 142 valence electrons. The normalized spacial score (nSPS) is 11.5. The van der Waals surface area contributed by atoms with Crippen LogP contribution in [-0.4, -0.2) is 26.2 Å². The van der Waals surface area contributed by atoms with Gasteiger partial charge in [-0.3, -0.25) is 0 Å². The minimum absolute atomic E-state index is 0.252. The van der Waals surface area contributed by atoms with Crippen molar-refractivity contribution in [1.82, 2.24) is 9.71 Å². The molecule has 0 aliphatic heterocycles. The molecule has 0 saturated carbocycles. The topological polar surface area (TPSA) is 71.1 Å². The molecule has 1 aromatic heterocycles. The fourth-order valence-electron chi connectivity index (χ4n) is 2.48. The minimum atomic E-state index is -3.16. The number of nitrogens with zero attached hydrogens (tertiary/aromatic N) is 1. The van der Waals surface area contributed by atoms with E-state index in [1.807, 2.05) is 35.7 Å². The zero-order chi connectivity index (χ0) is 19.4. The van der Waals surface area contributed by atoms with Gasteiger partial charge in [0.05, 0.1) is 11.9 Å². The van der Waals surface area contributed by atoms with Crippen molar-refractivity contribution in [3.05, 3.63) is 64.8 Å². The molecule has 0 aliphatic carbocycles. The zero-order valence-corrected chi connectivity index (χ0v) is 16.6. The van der Waals surface area contributed by atoms with Crippen LogP contribution in [0.1, 0.15) is 11.1 Å². The van der Waals surface area contributed by atoms with Crippen molar-refractivity contribution >= 4 is 32.2 Å². The van der Waals surface area contributed by atoms with Gasteiger partial charge >= 0.3 is 0 Å². The summed E-state index contributed by atoms with van der Waals surface area (Å²) in [5.41, 5.74) is 4.10. The largest absolute Gasteiger partial charge is 0.331 e. The molecule has 3 aromatic rings. The molecule has 0 unspecified atom stereocenters. The summed E-state index contributed by atoms with van der Waals surface area (Å²) in [7, 11) is -3.16. The number of aryl methyl sites for hydroxylation is 1. The van der Waals surface area contributed by atoms with E-state index in [0.29, 0.717) is 29.3 Å². The highest BCUT2D eigenvalue weighted by Gasteiger charge is 2.07. The Hall–Kier alpha value is -2.29. The third kappa shape index (κ3) is 5.59. The lowest BCUT2D eigenvalue weighted by Crippen LogP contribution is -2.24. The number of benzene rings is 2. The molecular weight excluding hydrogens is 385 g/mol. The van der Waals surface area contributed by atoms with Gasteiger partial charge in [-0.2, -0.15) is 0 Å². The Morgan fingerprint density at radius 3 is 2.56 bits per heavy atom. The lowest BCUT2D eigenvalue weighted by atomic mass is 10.1. The number of aromatic nitrogens is 1. The van der Waals surface area contributed by atoms with Crippen LogP contribution in [0, 0.1) is 12.7 Å². The molecule has 5 nitrogen and oxygen atoms in total. The fraction of sp³-hybridized carbons (Fsp3) is 0.211. The number of rotatable bonds is 7. The van der Waals surface area contributed by atoms with Crippen LogP contribution in [0.15, 0.2) is 47.8 Å². The number of anilines is 2. The van der Waals surface area contributed by atoms with Crippen LogP contribution < -0.4 is 10.0 Å². The van der Waals surface area contributed by atoms with Crippen LogP contribution in [0.5, 0.6) is 0 Å². The van der Waals surface area contributed by atoms with Gasteiger partial charge < -0.3 is 5.32 Å². The zero-order valence-electron chi connectivity index (χ0n) is 15.0. The third-order valence-corrected chi connectivity index (χ3v) is 5.44. The standard InChI is InChI=1S/C19H20FN3O2S2/c1-13-3-8-16(11-17(13)20)22-19-23-18(12-26-19)15-6-4-14(5-7-15)9-10-21-27(2,24)25/h3-8,11-12,21H,9-10H2,1-2H3,(H,22,23). The van der Waals surface area contributed by atoms with Gasteiger partial charge in [0.2, 0.25) is 10.0 Å². The van der Waals surface area contributed by atoms with Crippen LogP contribution in [0.2, 0.25) is 0 Å². The summed E-state index contributed by atoms with van der Waals surface area (Å²) in [6.07, 6.45) is 1.77. The summed E-state index contributed by atoms with van der Waals surface area (Å²) in [6.45, 7) is 2.09. The predicted octanol–water partition coefficient (Wildman–Crippen LogP) is 4.09. The molecule has 0 fully saturated rings. The summed E-state index contributed by atoms with van der Waals surface area (Å²) in [5, 5.41) is 5.74. The molecule has 2 N–H and O–H groups in total. The average molecular weight is 406 g/mol. The Kier molecular flexibility index (Phi) is 5.88. The van der Waals surface area contributed by atoms with E-state index < -0.39 is 10.0 Å².